The van der Waals surface area contributed by atoms with Crippen LogP contribution in [-0.4, -0.2) is 6.54 Å². The number of hydrogen-bond donors (Lipinski definition) is 1. The molecule has 1 aromatic carbocycles. The lowest BCUT2D eigenvalue weighted by molar-refractivity contribution is 0.440. The van der Waals surface area contributed by atoms with E-state index < -0.39 is 5.82 Å². The van der Waals surface area contributed by atoms with Crippen LogP contribution in [0, 0.1) is 18.6 Å². The van der Waals surface area contributed by atoms with Crippen molar-refractivity contribution >= 4 is 0 Å². The van der Waals surface area contributed by atoms with E-state index >= 15 is 0 Å². The Balaban J connectivity index is 2.41. The minimum atomic E-state index is -0.425. The summed E-state index contributed by atoms with van der Waals surface area (Å²) in [5, 5.41) is 3.39. The van der Waals surface area contributed by atoms with Gasteiger partial charge < -0.3 is 5.32 Å². The van der Waals surface area contributed by atoms with E-state index in [0.29, 0.717) is 11.1 Å². The predicted octanol–water partition coefficient (Wildman–Crippen LogP) is 3.65. The molecule has 1 aromatic rings. The summed E-state index contributed by atoms with van der Waals surface area (Å²) in [5.41, 5.74) is 2.18. The molecular weight excluding hydrogens is 220 g/mol. The molecule has 0 saturated heterocycles. The van der Waals surface area contributed by atoms with Crippen LogP contribution in [0.5, 0.6) is 0 Å². The van der Waals surface area contributed by atoms with Gasteiger partial charge in [-0.1, -0.05) is 6.92 Å². The van der Waals surface area contributed by atoms with Gasteiger partial charge in [0, 0.05) is 12.1 Å². The molecule has 3 heteroatoms. The highest BCUT2D eigenvalue weighted by Gasteiger charge is 2.25. The maximum Gasteiger partial charge on any atom is 0.129 e. The number of hydrogen-bond acceptors (Lipinski definition) is 1. The van der Waals surface area contributed by atoms with Crippen LogP contribution in [0.4, 0.5) is 8.78 Å². The molecule has 0 aromatic heterocycles. The molecule has 94 valence electrons. The van der Waals surface area contributed by atoms with Gasteiger partial charge in [0.05, 0.1) is 0 Å². The topological polar surface area (TPSA) is 12.0 Å². The maximum atomic E-state index is 13.7. The third-order valence-corrected chi connectivity index (χ3v) is 3.54. The van der Waals surface area contributed by atoms with Gasteiger partial charge in [-0.15, -0.1) is 0 Å². The van der Waals surface area contributed by atoms with Gasteiger partial charge in [-0.25, -0.2) is 8.78 Å². The third-order valence-electron chi connectivity index (χ3n) is 3.54. The molecule has 0 spiro atoms. The maximum absolute atomic E-state index is 13.7. The molecule has 0 heterocycles. The average Bonchev–Trinajstić information content (AvgIpc) is 2.33. The van der Waals surface area contributed by atoms with E-state index in [9.17, 15) is 8.78 Å². The number of rotatable bonds is 3. The van der Waals surface area contributed by atoms with E-state index in [0.717, 1.165) is 43.9 Å². The fraction of sp³-hybridized carbons (Fsp3) is 0.571. The van der Waals surface area contributed by atoms with Gasteiger partial charge in [0.25, 0.3) is 0 Å². The standard InChI is InChI=1S/C14H19F2N/c1-3-7-17-13-6-4-5-10-12(16)8-11(15)9(2)14(10)13/h8,13,17H,3-7H2,1-2H3. The first-order chi connectivity index (χ1) is 8.15. The third kappa shape index (κ3) is 2.34. The van der Waals surface area contributed by atoms with Crippen LogP contribution >= 0.6 is 0 Å². The molecule has 2 rings (SSSR count). The number of fused-ring (bicyclic) bond motifs is 1. The summed E-state index contributed by atoms with van der Waals surface area (Å²) in [6, 6.07) is 1.14. The molecule has 0 aliphatic heterocycles. The molecule has 1 atom stereocenters. The van der Waals surface area contributed by atoms with Crippen molar-refractivity contribution in [3.63, 3.8) is 0 Å². The zero-order valence-corrected chi connectivity index (χ0v) is 10.4. The van der Waals surface area contributed by atoms with Gasteiger partial charge in [0.2, 0.25) is 0 Å². The molecule has 1 N–H and O–H groups in total. The first kappa shape index (κ1) is 12.5. The molecule has 1 nitrogen and oxygen atoms in total. The zero-order valence-electron chi connectivity index (χ0n) is 10.4. The lowest BCUT2D eigenvalue weighted by atomic mass is 9.84. The molecule has 0 radical (unpaired) electrons. The highest BCUT2D eigenvalue weighted by molar-refractivity contribution is 5.40. The van der Waals surface area contributed by atoms with Gasteiger partial charge in [-0.05, 0) is 55.8 Å². The summed E-state index contributed by atoms with van der Waals surface area (Å²) in [6.07, 6.45) is 3.70. The zero-order chi connectivity index (χ0) is 12.4. The Morgan fingerprint density at radius 2 is 2.12 bits per heavy atom. The van der Waals surface area contributed by atoms with Gasteiger partial charge in [0.15, 0.2) is 0 Å². The fourth-order valence-corrected chi connectivity index (χ4v) is 2.67. The van der Waals surface area contributed by atoms with Crippen LogP contribution < -0.4 is 5.32 Å². The highest BCUT2D eigenvalue weighted by Crippen LogP contribution is 2.34. The first-order valence-electron chi connectivity index (χ1n) is 6.36. The second-order valence-electron chi connectivity index (χ2n) is 4.76. The minimum absolute atomic E-state index is 0.115. The van der Waals surface area contributed by atoms with E-state index in [2.05, 4.69) is 12.2 Å². The van der Waals surface area contributed by atoms with E-state index in [1.165, 1.54) is 0 Å². The second kappa shape index (κ2) is 5.13. The summed E-state index contributed by atoms with van der Waals surface area (Å²) >= 11 is 0. The molecule has 0 fully saturated rings. The summed E-state index contributed by atoms with van der Waals surface area (Å²) in [5.74, 6) is -0.808. The number of nitrogens with one attached hydrogen (secondary N) is 1. The molecule has 17 heavy (non-hydrogen) atoms. The van der Waals surface area contributed by atoms with E-state index in [1.807, 2.05) is 0 Å². The van der Waals surface area contributed by atoms with E-state index in [4.69, 9.17) is 0 Å². The quantitative estimate of drug-likeness (QED) is 0.849. The molecule has 1 aliphatic rings. The summed E-state index contributed by atoms with van der Waals surface area (Å²) in [4.78, 5) is 0. The van der Waals surface area contributed by atoms with Gasteiger partial charge >= 0.3 is 0 Å². The van der Waals surface area contributed by atoms with Crippen LogP contribution in [0.2, 0.25) is 0 Å². The molecule has 1 unspecified atom stereocenters. The van der Waals surface area contributed by atoms with Gasteiger partial charge in [0.1, 0.15) is 11.6 Å². The first-order valence-corrected chi connectivity index (χ1v) is 6.36. The fourth-order valence-electron chi connectivity index (χ4n) is 2.67. The minimum Gasteiger partial charge on any atom is -0.310 e. The molecule has 1 aliphatic carbocycles. The Kier molecular flexibility index (Phi) is 3.77. The lowest BCUT2D eigenvalue weighted by Crippen LogP contribution is -2.27. The largest absolute Gasteiger partial charge is 0.310 e. The van der Waals surface area contributed by atoms with Gasteiger partial charge in [-0.2, -0.15) is 0 Å². The van der Waals surface area contributed by atoms with E-state index in [-0.39, 0.29) is 11.9 Å². The normalized spacial score (nSPS) is 19.2. The van der Waals surface area contributed by atoms with Crippen LogP contribution in [0.15, 0.2) is 6.07 Å². The van der Waals surface area contributed by atoms with Crippen molar-refractivity contribution in [2.75, 3.05) is 6.54 Å². The number of halogens is 2. The monoisotopic (exact) mass is 239 g/mol. The van der Waals surface area contributed by atoms with Crippen LogP contribution in [0.3, 0.4) is 0 Å². The summed E-state index contributed by atoms with van der Waals surface area (Å²) in [7, 11) is 0. The highest BCUT2D eigenvalue weighted by atomic mass is 19.1. The molecule has 0 amide bonds. The smallest absolute Gasteiger partial charge is 0.129 e. The van der Waals surface area contributed by atoms with Crippen molar-refractivity contribution < 1.29 is 8.78 Å². The van der Waals surface area contributed by atoms with Crippen molar-refractivity contribution in [2.24, 2.45) is 0 Å². The van der Waals surface area contributed by atoms with Crippen LogP contribution in [0.1, 0.15) is 48.9 Å². The molecular formula is C14H19F2N. The van der Waals surface area contributed by atoms with E-state index in [1.54, 1.807) is 6.92 Å². The van der Waals surface area contributed by atoms with Crippen molar-refractivity contribution in [1.82, 2.24) is 5.32 Å². The van der Waals surface area contributed by atoms with Crippen LogP contribution in [-0.2, 0) is 6.42 Å². The van der Waals surface area contributed by atoms with Crippen molar-refractivity contribution in [2.45, 2.75) is 45.6 Å². The van der Waals surface area contributed by atoms with Crippen molar-refractivity contribution in [3.05, 3.63) is 34.4 Å². The summed E-state index contributed by atoms with van der Waals surface area (Å²) in [6.45, 7) is 4.73. The van der Waals surface area contributed by atoms with Crippen molar-refractivity contribution in [3.8, 4) is 0 Å². The Morgan fingerprint density at radius 1 is 1.35 bits per heavy atom. The Bertz CT molecular complexity index is 415. The van der Waals surface area contributed by atoms with Crippen LogP contribution in [0.25, 0.3) is 0 Å². The van der Waals surface area contributed by atoms with Crippen molar-refractivity contribution in [1.29, 1.82) is 0 Å². The second-order valence-corrected chi connectivity index (χ2v) is 4.76. The average molecular weight is 239 g/mol. The van der Waals surface area contributed by atoms with Gasteiger partial charge in [-0.3, -0.25) is 0 Å². The Labute approximate surface area is 101 Å². The Hall–Kier alpha value is -0.960. The SMILES string of the molecule is CCCNC1CCCc2c(F)cc(F)c(C)c21. The molecule has 0 saturated carbocycles. The Morgan fingerprint density at radius 3 is 2.82 bits per heavy atom. The lowest BCUT2D eigenvalue weighted by Gasteiger charge is -2.28. The predicted molar refractivity (Wildman–Crippen MR) is 65.1 cm³/mol. The summed E-state index contributed by atoms with van der Waals surface area (Å²) < 4.78 is 27.3. The molecule has 0 bridgehead atoms. The number of benzene rings is 1.